The van der Waals surface area contributed by atoms with Gasteiger partial charge in [-0.3, -0.25) is 0 Å². The average Bonchev–Trinajstić information content (AvgIpc) is 2.71. The maximum Gasteiger partial charge on any atom is 0.124 e. The van der Waals surface area contributed by atoms with E-state index in [0.29, 0.717) is 12.6 Å². The van der Waals surface area contributed by atoms with Crippen molar-refractivity contribution in [3.05, 3.63) is 101 Å². The van der Waals surface area contributed by atoms with Crippen LogP contribution in [-0.4, -0.2) is 6.04 Å². The van der Waals surface area contributed by atoms with Crippen molar-refractivity contribution in [3.63, 3.8) is 0 Å². The zero-order chi connectivity index (χ0) is 18.9. The molecule has 1 N–H and O–H groups in total. The Labute approximate surface area is 167 Å². The van der Waals surface area contributed by atoms with Gasteiger partial charge in [-0.2, -0.15) is 0 Å². The van der Waals surface area contributed by atoms with Gasteiger partial charge in [0.25, 0.3) is 0 Å². The number of aryl methyl sites for hydroxylation is 1. The summed E-state index contributed by atoms with van der Waals surface area (Å²) in [6, 6.07) is 27.0. The Balaban J connectivity index is 1.52. The van der Waals surface area contributed by atoms with Crippen LogP contribution in [0.5, 0.6) is 5.75 Å². The zero-order valence-electron chi connectivity index (χ0n) is 15.7. The van der Waals surface area contributed by atoms with Gasteiger partial charge in [-0.1, -0.05) is 78.3 Å². The lowest BCUT2D eigenvalue weighted by Crippen LogP contribution is -2.26. The number of nitrogens with one attached hydrogen (secondary N) is 1. The highest BCUT2D eigenvalue weighted by Gasteiger charge is 2.07. The molecule has 3 heteroatoms. The summed E-state index contributed by atoms with van der Waals surface area (Å²) >= 11 is 6.23. The van der Waals surface area contributed by atoms with Crippen molar-refractivity contribution in [1.82, 2.24) is 5.32 Å². The fourth-order valence-corrected chi connectivity index (χ4v) is 3.17. The highest BCUT2D eigenvalue weighted by molar-refractivity contribution is 6.31. The molecular weight excluding hydrogens is 354 g/mol. The minimum atomic E-state index is 0.432. The molecule has 0 aliphatic rings. The highest BCUT2D eigenvalue weighted by Crippen LogP contribution is 2.22. The van der Waals surface area contributed by atoms with Gasteiger partial charge in [0.05, 0.1) is 0 Å². The molecule has 3 aromatic carbocycles. The molecule has 0 fully saturated rings. The van der Waals surface area contributed by atoms with Gasteiger partial charge < -0.3 is 10.1 Å². The van der Waals surface area contributed by atoms with E-state index in [4.69, 9.17) is 16.3 Å². The molecule has 2 nitrogen and oxygen atoms in total. The molecule has 27 heavy (non-hydrogen) atoms. The minimum Gasteiger partial charge on any atom is -0.489 e. The van der Waals surface area contributed by atoms with Crippen molar-refractivity contribution in [2.75, 3.05) is 0 Å². The first-order valence-corrected chi connectivity index (χ1v) is 9.81. The SMILES string of the molecule is C[C@H](CCc1ccccc1)NCc1ccccc1OCc1ccccc1Cl. The molecule has 1 atom stereocenters. The van der Waals surface area contributed by atoms with Gasteiger partial charge in [0.2, 0.25) is 0 Å². The van der Waals surface area contributed by atoms with Crippen LogP contribution in [0.25, 0.3) is 0 Å². The van der Waals surface area contributed by atoms with Crippen molar-refractivity contribution in [2.45, 2.75) is 39.0 Å². The second kappa shape index (κ2) is 10.1. The smallest absolute Gasteiger partial charge is 0.124 e. The predicted octanol–water partition coefficient (Wildman–Crippen LogP) is 6.03. The normalized spacial score (nSPS) is 11.9. The number of ether oxygens (including phenoxy) is 1. The lowest BCUT2D eigenvalue weighted by molar-refractivity contribution is 0.301. The maximum atomic E-state index is 6.23. The summed E-state index contributed by atoms with van der Waals surface area (Å²) in [6.07, 6.45) is 2.19. The Kier molecular flexibility index (Phi) is 7.32. The van der Waals surface area contributed by atoms with Gasteiger partial charge in [-0.05, 0) is 37.5 Å². The molecule has 0 aromatic heterocycles. The molecule has 0 amide bonds. The molecular formula is C24H26ClNO. The first kappa shape index (κ1) is 19.5. The van der Waals surface area contributed by atoms with E-state index in [1.807, 2.05) is 42.5 Å². The van der Waals surface area contributed by atoms with Crippen molar-refractivity contribution in [2.24, 2.45) is 0 Å². The molecule has 0 saturated carbocycles. The van der Waals surface area contributed by atoms with Gasteiger partial charge in [0, 0.05) is 28.7 Å². The Hall–Kier alpha value is -2.29. The van der Waals surface area contributed by atoms with Crippen LogP contribution in [0.4, 0.5) is 0 Å². The lowest BCUT2D eigenvalue weighted by Gasteiger charge is -2.16. The van der Waals surface area contributed by atoms with Crippen LogP contribution >= 0.6 is 11.6 Å². The summed E-state index contributed by atoms with van der Waals surface area (Å²) in [5, 5.41) is 4.35. The van der Waals surface area contributed by atoms with Gasteiger partial charge in [-0.25, -0.2) is 0 Å². The van der Waals surface area contributed by atoms with Gasteiger partial charge in [0.1, 0.15) is 12.4 Å². The minimum absolute atomic E-state index is 0.432. The van der Waals surface area contributed by atoms with E-state index in [1.165, 1.54) is 5.56 Å². The third-order valence-corrected chi connectivity index (χ3v) is 5.03. The zero-order valence-corrected chi connectivity index (χ0v) is 16.5. The molecule has 140 valence electrons. The van der Waals surface area contributed by atoms with E-state index in [2.05, 4.69) is 48.6 Å². The standard InChI is InChI=1S/C24H26ClNO/c1-19(15-16-20-9-3-2-4-10-20)26-17-21-11-6-8-14-24(21)27-18-22-12-5-7-13-23(22)25/h2-14,19,26H,15-18H2,1H3/t19-/m1/s1. The fourth-order valence-electron chi connectivity index (χ4n) is 2.98. The van der Waals surface area contributed by atoms with Crippen molar-refractivity contribution in [3.8, 4) is 5.75 Å². The molecule has 0 saturated heterocycles. The van der Waals surface area contributed by atoms with E-state index >= 15 is 0 Å². The Bertz CT molecular complexity index is 835. The molecule has 0 bridgehead atoms. The third kappa shape index (κ3) is 6.13. The van der Waals surface area contributed by atoms with Crippen molar-refractivity contribution < 1.29 is 4.74 Å². The second-order valence-electron chi connectivity index (χ2n) is 6.79. The Morgan fingerprint density at radius 3 is 2.30 bits per heavy atom. The van der Waals surface area contributed by atoms with Crippen LogP contribution in [0, 0.1) is 0 Å². The van der Waals surface area contributed by atoms with E-state index < -0.39 is 0 Å². The molecule has 0 unspecified atom stereocenters. The summed E-state index contributed by atoms with van der Waals surface area (Å²) in [6.45, 7) is 3.49. The van der Waals surface area contributed by atoms with Gasteiger partial charge >= 0.3 is 0 Å². The summed E-state index contributed by atoms with van der Waals surface area (Å²) < 4.78 is 6.04. The fraction of sp³-hybridized carbons (Fsp3) is 0.250. The summed E-state index contributed by atoms with van der Waals surface area (Å²) in [5.41, 5.74) is 3.55. The van der Waals surface area contributed by atoms with Crippen LogP contribution in [0.1, 0.15) is 30.0 Å². The molecule has 0 heterocycles. The van der Waals surface area contributed by atoms with Crippen LogP contribution in [0.3, 0.4) is 0 Å². The number of hydrogen-bond acceptors (Lipinski definition) is 2. The quantitative estimate of drug-likeness (QED) is 0.490. The average molecular weight is 380 g/mol. The second-order valence-corrected chi connectivity index (χ2v) is 7.20. The number of para-hydroxylation sites is 1. The van der Waals surface area contributed by atoms with Crippen molar-refractivity contribution in [1.29, 1.82) is 0 Å². The largest absolute Gasteiger partial charge is 0.489 e. The molecule has 0 spiro atoms. The van der Waals surface area contributed by atoms with Gasteiger partial charge in [0.15, 0.2) is 0 Å². The molecule has 0 radical (unpaired) electrons. The van der Waals surface area contributed by atoms with E-state index in [1.54, 1.807) is 0 Å². The highest BCUT2D eigenvalue weighted by atomic mass is 35.5. The Morgan fingerprint density at radius 1 is 0.852 bits per heavy atom. The van der Waals surface area contributed by atoms with Crippen molar-refractivity contribution >= 4 is 11.6 Å². The van der Waals surface area contributed by atoms with E-state index in [0.717, 1.165) is 41.3 Å². The van der Waals surface area contributed by atoms with E-state index in [-0.39, 0.29) is 0 Å². The molecule has 0 aliphatic carbocycles. The summed E-state index contributed by atoms with van der Waals surface area (Å²) in [5.74, 6) is 0.903. The summed E-state index contributed by atoms with van der Waals surface area (Å²) in [4.78, 5) is 0. The number of rotatable bonds is 9. The predicted molar refractivity (Wildman–Crippen MR) is 113 cm³/mol. The molecule has 3 rings (SSSR count). The lowest BCUT2D eigenvalue weighted by atomic mass is 10.1. The first-order valence-electron chi connectivity index (χ1n) is 9.44. The topological polar surface area (TPSA) is 21.3 Å². The van der Waals surface area contributed by atoms with Crippen LogP contribution < -0.4 is 10.1 Å². The van der Waals surface area contributed by atoms with Gasteiger partial charge in [-0.15, -0.1) is 0 Å². The molecule has 3 aromatic rings. The monoisotopic (exact) mass is 379 g/mol. The van der Waals surface area contributed by atoms with E-state index in [9.17, 15) is 0 Å². The van der Waals surface area contributed by atoms with Crippen LogP contribution in [0.2, 0.25) is 5.02 Å². The maximum absolute atomic E-state index is 6.23. The van der Waals surface area contributed by atoms with Crippen LogP contribution in [0.15, 0.2) is 78.9 Å². The Morgan fingerprint density at radius 2 is 1.52 bits per heavy atom. The molecule has 0 aliphatic heterocycles. The summed E-state index contributed by atoms with van der Waals surface area (Å²) in [7, 11) is 0. The first-order chi connectivity index (χ1) is 13.2. The number of benzene rings is 3. The van der Waals surface area contributed by atoms with Crippen LogP contribution in [-0.2, 0) is 19.6 Å². The third-order valence-electron chi connectivity index (χ3n) is 4.66. The number of halogens is 1. The number of hydrogen-bond donors (Lipinski definition) is 1.